The average molecular weight is 258 g/mol. The molecular formula is CBr2ClFS. The molecule has 0 nitrogen and oxygen atoms in total. The van der Waals surface area contributed by atoms with Gasteiger partial charge in [-0.05, 0) is 40.9 Å². The smallest absolute Gasteiger partial charge is 0.200 e. The second-order valence-electron chi connectivity index (χ2n) is 0.523. The summed E-state index contributed by atoms with van der Waals surface area (Å²) in [4.78, 5) is 0. The summed E-state index contributed by atoms with van der Waals surface area (Å²) in [5.41, 5.74) is 0. The predicted molar refractivity (Wildman–Crippen MR) is 35.1 cm³/mol. The van der Waals surface area contributed by atoms with Gasteiger partial charge in [-0.2, -0.15) is 4.39 Å². The summed E-state index contributed by atoms with van der Waals surface area (Å²) in [6.07, 6.45) is 0. The first-order chi connectivity index (χ1) is 2.56. The quantitative estimate of drug-likeness (QED) is 0.651. The number of alkyl halides is 3. The van der Waals surface area contributed by atoms with Crippen molar-refractivity contribution in [2.75, 3.05) is 0 Å². The van der Waals surface area contributed by atoms with Gasteiger partial charge in [-0.3, -0.25) is 0 Å². The molecule has 0 spiro atoms. The van der Waals surface area contributed by atoms with E-state index in [1.54, 1.807) is 0 Å². The summed E-state index contributed by atoms with van der Waals surface area (Å²) >= 11 is 10.1. The minimum absolute atomic E-state index is 0.710. The molecule has 1 unspecified atom stereocenters. The Morgan fingerprint density at radius 2 is 2.00 bits per heavy atom. The molecule has 6 heavy (non-hydrogen) atoms. The maximum atomic E-state index is 11.7. The van der Waals surface area contributed by atoms with Crippen molar-refractivity contribution in [3.05, 3.63) is 0 Å². The lowest BCUT2D eigenvalue weighted by Gasteiger charge is -1.98. The van der Waals surface area contributed by atoms with Crippen LogP contribution in [0.5, 0.6) is 0 Å². The van der Waals surface area contributed by atoms with Gasteiger partial charge in [0.1, 0.15) is 0 Å². The van der Waals surface area contributed by atoms with Gasteiger partial charge in [0.25, 0.3) is 3.37 Å². The van der Waals surface area contributed by atoms with Gasteiger partial charge in [0, 0.05) is 0 Å². The molecule has 0 aromatic heterocycles. The second kappa shape index (κ2) is 2.74. The van der Waals surface area contributed by atoms with Crippen LogP contribution in [-0.2, 0) is 0 Å². The zero-order chi connectivity index (χ0) is 5.21. The van der Waals surface area contributed by atoms with Gasteiger partial charge in [0.05, 0.1) is 0 Å². The van der Waals surface area contributed by atoms with Crippen LogP contribution in [0, 0.1) is 0 Å². The third kappa shape index (κ3) is 5.53. The largest absolute Gasteiger partial charge is 0.294 e. The summed E-state index contributed by atoms with van der Waals surface area (Å²) in [6.45, 7) is 0. The van der Waals surface area contributed by atoms with Crippen molar-refractivity contribution >= 4 is 52.5 Å². The van der Waals surface area contributed by atoms with Crippen molar-refractivity contribution in [2.45, 2.75) is 3.37 Å². The van der Waals surface area contributed by atoms with Crippen LogP contribution in [0.4, 0.5) is 4.39 Å². The number of hydrogen-bond acceptors (Lipinski definition) is 1. The van der Waals surface area contributed by atoms with Crippen molar-refractivity contribution in [1.82, 2.24) is 0 Å². The molecule has 0 saturated carbocycles. The van der Waals surface area contributed by atoms with Crippen LogP contribution in [-0.4, -0.2) is 3.37 Å². The lowest BCUT2D eigenvalue weighted by molar-refractivity contribution is 0.535. The number of halogens is 4. The molecule has 0 N–H and O–H groups in total. The SMILES string of the molecule is FC(Cl)(Br)SBr. The topological polar surface area (TPSA) is 0 Å². The van der Waals surface area contributed by atoms with E-state index in [2.05, 4.69) is 30.7 Å². The van der Waals surface area contributed by atoms with Gasteiger partial charge in [0.15, 0.2) is 0 Å². The molecule has 0 saturated heterocycles. The third-order valence-corrected chi connectivity index (χ3v) is 4.18. The summed E-state index contributed by atoms with van der Waals surface area (Å²) in [5, 5.41) is 0. The van der Waals surface area contributed by atoms with Gasteiger partial charge < -0.3 is 0 Å². The first-order valence-electron chi connectivity index (χ1n) is 0.925. The van der Waals surface area contributed by atoms with Crippen LogP contribution in [0.3, 0.4) is 0 Å². The molecular weight excluding hydrogens is 258 g/mol. The fraction of sp³-hybridized carbons (Fsp3) is 1.00. The van der Waals surface area contributed by atoms with Crippen LogP contribution in [0.1, 0.15) is 0 Å². The summed E-state index contributed by atoms with van der Waals surface area (Å²) in [7, 11) is 0.710. The van der Waals surface area contributed by atoms with Gasteiger partial charge in [-0.15, -0.1) is 0 Å². The van der Waals surface area contributed by atoms with Gasteiger partial charge >= 0.3 is 0 Å². The highest BCUT2D eigenvalue weighted by Gasteiger charge is 2.19. The van der Waals surface area contributed by atoms with Crippen LogP contribution in [0.2, 0.25) is 0 Å². The molecule has 0 aromatic rings. The molecule has 0 amide bonds. The molecule has 0 aromatic carbocycles. The van der Waals surface area contributed by atoms with Crippen LogP contribution in [0.25, 0.3) is 0 Å². The van der Waals surface area contributed by atoms with E-state index in [0.29, 0.717) is 10.2 Å². The Hall–Kier alpha value is 1.53. The van der Waals surface area contributed by atoms with Gasteiger partial charge in [-0.1, -0.05) is 11.6 Å². The Morgan fingerprint density at radius 1 is 1.83 bits per heavy atom. The van der Waals surface area contributed by atoms with Crippen molar-refractivity contribution in [3.63, 3.8) is 0 Å². The van der Waals surface area contributed by atoms with Gasteiger partial charge in [-0.25, -0.2) is 0 Å². The van der Waals surface area contributed by atoms with E-state index in [1.165, 1.54) is 0 Å². The summed E-state index contributed by atoms with van der Waals surface area (Å²) in [5.74, 6) is 0. The number of hydrogen-bond donors (Lipinski definition) is 0. The average Bonchev–Trinajstić information content (AvgIpc) is 1.35. The van der Waals surface area contributed by atoms with E-state index in [-0.39, 0.29) is 0 Å². The van der Waals surface area contributed by atoms with Crippen molar-refractivity contribution in [2.24, 2.45) is 0 Å². The Balaban J connectivity index is 3.17. The van der Waals surface area contributed by atoms with E-state index in [4.69, 9.17) is 11.6 Å². The Labute approximate surface area is 60.1 Å². The summed E-state index contributed by atoms with van der Waals surface area (Å²) < 4.78 is 9.88. The molecule has 0 aliphatic heterocycles. The monoisotopic (exact) mass is 256 g/mol. The molecule has 0 bridgehead atoms. The zero-order valence-corrected chi connectivity index (χ0v) is 7.16. The Morgan fingerprint density at radius 3 is 2.00 bits per heavy atom. The molecule has 0 radical (unpaired) electrons. The van der Waals surface area contributed by atoms with Crippen molar-refractivity contribution < 1.29 is 4.39 Å². The molecule has 0 fully saturated rings. The highest BCUT2D eigenvalue weighted by Crippen LogP contribution is 2.41. The van der Waals surface area contributed by atoms with E-state index >= 15 is 0 Å². The first-order valence-corrected chi connectivity index (χ1v) is 4.76. The Kier molecular flexibility index (Phi) is 3.44. The highest BCUT2D eigenvalue weighted by atomic mass is 79.9. The van der Waals surface area contributed by atoms with Crippen LogP contribution in [0.15, 0.2) is 0 Å². The molecule has 0 aliphatic carbocycles. The minimum atomic E-state index is -1.84. The maximum absolute atomic E-state index is 11.7. The van der Waals surface area contributed by atoms with Gasteiger partial charge in [0.2, 0.25) is 0 Å². The Bertz CT molecular complexity index is 43.3. The highest BCUT2D eigenvalue weighted by molar-refractivity contribution is 9.51. The van der Waals surface area contributed by atoms with Crippen LogP contribution >= 0.6 is 52.5 Å². The molecule has 0 rings (SSSR count). The second-order valence-corrected chi connectivity index (χ2v) is 5.03. The van der Waals surface area contributed by atoms with E-state index in [0.717, 1.165) is 0 Å². The maximum Gasteiger partial charge on any atom is 0.294 e. The minimum Gasteiger partial charge on any atom is -0.200 e. The lowest BCUT2D eigenvalue weighted by atomic mass is 11.8. The fourth-order valence-corrected chi connectivity index (χ4v) is 0. The normalized spacial score (nSPS) is 20.0. The molecule has 1 atom stereocenters. The van der Waals surface area contributed by atoms with Crippen LogP contribution < -0.4 is 0 Å². The van der Waals surface area contributed by atoms with Crippen molar-refractivity contribution in [1.29, 1.82) is 0 Å². The standard InChI is InChI=1S/CBr2ClFS/c2-1(4,5)6-3. The molecule has 38 valence electrons. The number of rotatable bonds is 1. The lowest BCUT2D eigenvalue weighted by Crippen LogP contribution is -1.87. The van der Waals surface area contributed by atoms with E-state index < -0.39 is 3.37 Å². The molecule has 5 heteroatoms. The predicted octanol–water partition coefficient (Wildman–Crippen LogP) is 3.24. The van der Waals surface area contributed by atoms with Crippen molar-refractivity contribution in [3.8, 4) is 0 Å². The summed E-state index contributed by atoms with van der Waals surface area (Å²) in [6, 6.07) is 0. The fourth-order valence-electron chi connectivity index (χ4n) is 0. The molecule has 0 heterocycles. The first kappa shape index (κ1) is 7.53. The third-order valence-electron chi connectivity index (χ3n) is 0.0875. The molecule has 0 aliphatic rings. The zero-order valence-electron chi connectivity index (χ0n) is 2.42. The van der Waals surface area contributed by atoms with E-state index in [9.17, 15) is 4.39 Å². The van der Waals surface area contributed by atoms with E-state index in [1.807, 2.05) is 0 Å².